The van der Waals surface area contributed by atoms with Crippen LogP contribution in [0.25, 0.3) is 0 Å². The number of rotatable bonds is 2. The minimum Gasteiger partial charge on any atom is -1.00 e. The predicted octanol–water partition coefficient (Wildman–Crippen LogP) is 0.970. The Hall–Kier alpha value is -0.160. The average molecular weight is 358 g/mol. The molecule has 0 aromatic carbocycles. The fourth-order valence-electron chi connectivity index (χ4n) is 3.32. The molecule has 1 nitrogen and oxygen atoms in total. The van der Waals surface area contributed by atoms with Crippen LogP contribution in [0.3, 0.4) is 0 Å². The van der Waals surface area contributed by atoms with E-state index >= 15 is 0 Å². The van der Waals surface area contributed by atoms with Gasteiger partial charge in [0.25, 0.3) is 0 Å². The smallest absolute Gasteiger partial charge is 0.0938 e. The van der Waals surface area contributed by atoms with Crippen molar-refractivity contribution in [1.82, 2.24) is 0 Å². The Morgan fingerprint density at radius 1 is 1.05 bits per heavy atom. The highest BCUT2D eigenvalue weighted by atomic mass is 79.9. The molecule has 0 spiro atoms. The van der Waals surface area contributed by atoms with Gasteiger partial charge in [0, 0.05) is 9.75 Å². The molecule has 0 bridgehead atoms. The molecule has 1 fully saturated rings. The van der Waals surface area contributed by atoms with Crippen LogP contribution >= 0.6 is 22.7 Å². The van der Waals surface area contributed by atoms with E-state index in [1.165, 1.54) is 25.9 Å². The minimum absolute atomic E-state index is 0. The average Bonchev–Trinajstić information content (AvgIpc) is 3.02. The molecule has 1 saturated heterocycles. The van der Waals surface area contributed by atoms with Crippen molar-refractivity contribution in [2.45, 2.75) is 18.3 Å². The lowest BCUT2D eigenvalue weighted by Gasteiger charge is -2.45. The van der Waals surface area contributed by atoms with Crippen LogP contribution in [0.2, 0.25) is 0 Å². The molecule has 0 aliphatic carbocycles. The zero-order valence-electron chi connectivity index (χ0n) is 11.4. The van der Waals surface area contributed by atoms with E-state index < -0.39 is 0 Å². The zero-order valence-corrected chi connectivity index (χ0v) is 14.7. The number of nitrogens with zero attached hydrogens (tertiary/aromatic N) is 1. The maximum atomic E-state index is 2.37. The van der Waals surface area contributed by atoms with Crippen molar-refractivity contribution in [3.05, 3.63) is 44.8 Å². The largest absolute Gasteiger partial charge is 1.00 e. The minimum atomic E-state index is 0. The molecule has 0 N–H and O–H groups in total. The summed E-state index contributed by atoms with van der Waals surface area (Å²) in [6, 6.07) is 9.05. The molecule has 2 aromatic rings. The van der Waals surface area contributed by atoms with E-state index in [0.29, 0.717) is 0 Å². The highest BCUT2D eigenvalue weighted by Gasteiger charge is 2.45. The Labute approximate surface area is 134 Å². The third kappa shape index (κ3) is 2.82. The van der Waals surface area contributed by atoms with Crippen LogP contribution in [0.1, 0.15) is 22.6 Å². The van der Waals surface area contributed by atoms with Crippen molar-refractivity contribution in [3.8, 4) is 0 Å². The second kappa shape index (κ2) is 5.68. The number of hydrogen-bond donors (Lipinski definition) is 0. The monoisotopic (exact) mass is 357 g/mol. The topological polar surface area (TPSA) is 0 Å². The van der Waals surface area contributed by atoms with Gasteiger partial charge in [-0.2, -0.15) is 0 Å². The Morgan fingerprint density at radius 3 is 2.05 bits per heavy atom. The molecule has 0 unspecified atom stereocenters. The summed E-state index contributed by atoms with van der Waals surface area (Å²) in [6.45, 7) is 2.53. The van der Waals surface area contributed by atoms with Crippen LogP contribution in [-0.2, 0) is 5.41 Å². The van der Waals surface area contributed by atoms with Gasteiger partial charge in [0.1, 0.15) is 0 Å². The molecule has 3 rings (SSSR count). The molecule has 3 heterocycles. The standard InChI is InChI=1S/C15H20NS2.BrH/c1-16(2)9-5-8-15(12-16,13-6-3-10-17-13)14-7-4-11-18-14;/h3-4,6-7,10-11H,5,8-9,12H2,1-2H3;1H/q+1;/p-1. The summed E-state index contributed by atoms with van der Waals surface area (Å²) >= 11 is 3.85. The number of piperidine rings is 1. The van der Waals surface area contributed by atoms with Gasteiger partial charge in [-0.1, -0.05) is 12.1 Å². The lowest BCUT2D eigenvalue weighted by molar-refractivity contribution is -0.899. The van der Waals surface area contributed by atoms with Crippen molar-refractivity contribution in [3.63, 3.8) is 0 Å². The fourth-order valence-corrected chi connectivity index (χ4v) is 5.31. The highest BCUT2D eigenvalue weighted by molar-refractivity contribution is 7.11. The third-order valence-electron chi connectivity index (χ3n) is 4.05. The van der Waals surface area contributed by atoms with Crippen LogP contribution in [0.4, 0.5) is 0 Å². The molecule has 0 amide bonds. The summed E-state index contributed by atoms with van der Waals surface area (Å²) in [4.78, 5) is 3.10. The summed E-state index contributed by atoms with van der Waals surface area (Å²) in [6.07, 6.45) is 2.62. The first-order chi connectivity index (χ1) is 8.62. The van der Waals surface area contributed by atoms with E-state index in [1.807, 2.05) is 22.7 Å². The Morgan fingerprint density at radius 2 is 1.63 bits per heavy atom. The lowest BCUT2D eigenvalue weighted by Crippen LogP contribution is -3.00. The first kappa shape index (κ1) is 15.2. The second-order valence-corrected chi connectivity index (χ2v) is 7.85. The Kier molecular flexibility index (Phi) is 4.56. The van der Waals surface area contributed by atoms with Gasteiger partial charge in [0.2, 0.25) is 0 Å². The van der Waals surface area contributed by atoms with Crippen LogP contribution in [0, 0.1) is 0 Å². The van der Waals surface area contributed by atoms with Gasteiger partial charge in [-0.25, -0.2) is 0 Å². The van der Waals surface area contributed by atoms with Crippen molar-refractivity contribution in [2.75, 3.05) is 27.2 Å². The number of likely N-dealkylation sites (N-methyl/N-ethyl adjacent to an activating group) is 1. The van der Waals surface area contributed by atoms with Gasteiger partial charge in [-0.05, 0) is 35.7 Å². The molecule has 104 valence electrons. The van der Waals surface area contributed by atoms with E-state index in [0.717, 1.165) is 4.48 Å². The molecule has 0 saturated carbocycles. The first-order valence-electron chi connectivity index (χ1n) is 6.52. The Bertz CT molecular complexity index is 468. The first-order valence-corrected chi connectivity index (χ1v) is 8.28. The van der Waals surface area contributed by atoms with Crippen LogP contribution in [0.15, 0.2) is 35.0 Å². The maximum Gasteiger partial charge on any atom is 0.0938 e. The molecule has 19 heavy (non-hydrogen) atoms. The number of quaternary nitrogens is 1. The molecular weight excluding hydrogens is 338 g/mol. The van der Waals surface area contributed by atoms with Gasteiger partial charge in [0.05, 0.1) is 32.6 Å². The van der Waals surface area contributed by atoms with E-state index in [9.17, 15) is 0 Å². The van der Waals surface area contributed by atoms with E-state index in [-0.39, 0.29) is 22.4 Å². The lowest BCUT2D eigenvalue weighted by atomic mass is 9.76. The number of hydrogen-bond acceptors (Lipinski definition) is 2. The van der Waals surface area contributed by atoms with Crippen LogP contribution in [0.5, 0.6) is 0 Å². The molecule has 0 radical (unpaired) electrons. The summed E-state index contributed by atoms with van der Waals surface area (Å²) in [5.41, 5.74) is 0.268. The van der Waals surface area contributed by atoms with Crippen molar-refractivity contribution in [1.29, 1.82) is 0 Å². The number of thiophene rings is 2. The molecule has 4 heteroatoms. The summed E-state index contributed by atoms with van der Waals surface area (Å²) in [7, 11) is 4.74. The van der Waals surface area contributed by atoms with E-state index in [2.05, 4.69) is 49.1 Å². The second-order valence-electron chi connectivity index (χ2n) is 5.96. The molecule has 1 aliphatic rings. The SMILES string of the molecule is C[N+]1(C)CCCC(c2cccs2)(c2cccs2)C1.[Br-]. The third-order valence-corrected chi connectivity index (χ3v) is 6.20. The fraction of sp³-hybridized carbons (Fsp3) is 0.467. The number of likely N-dealkylation sites (tertiary alicyclic amines) is 1. The maximum absolute atomic E-state index is 2.37. The van der Waals surface area contributed by atoms with Gasteiger partial charge in [0.15, 0.2) is 0 Å². The molecule has 1 aliphatic heterocycles. The van der Waals surface area contributed by atoms with Crippen molar-refractivity contribution >= 4 is 22.7 Å². The van der Waals surface area contributed by atoms with Crippen LogP contribution < -0.4 is 17.0 Å². The van der Waals surface area contributed by atoms with Gasteiger partial charge < -0.3 is 21.5 Å². The van der Waals surface area contributed by atoms with E-state index in [1.54, 1.807) is 9.75 Å². The zero-order chi connectivity index (χ0) is 12.6. The van der Waals surface area contributed by atoms with E-state index in [4.69, 9.17) is 0 Å². The quantitative estimate of drug-likeness (QED) is 0.702. The highest BCUT2D eigenvalue weighted by Crippen LogP contribution is 2.45. The summed E-state index contributed by atoms with van der Waals surface area (Å²) in [5.74, 6) is 0. The molecule has 2 aromatic heterocycles. The van der Waals surface area contributed by atoms with Crippen molar-refractivity contribution < 1.29 is 21.5 Å². The summed E-state index contributed by atoms with van der Waals surface area (Å²) in [5, 5.41) is 4.44. The Balaban J connectivity index is 0.00000133. The van der Waals surface area contributed by atoms with Crippen molar-refractivity contribution in [2.24, 2.45) is 0 Å². The summed E-state index contributed by atoms with van der Waals surface area (Å²) < 4.78 is 1.13. The molecular formula is C15H20BrNS2. The predicted molar refractivity (Wildman–Crippen MR) is 80.5 cm³/mol. The van der Waals surface area contributed by atoms with Gasteiger partial charge >= 0.3 is 0 Å². The normalized spacial score (nSPS) is 20.7. The molecule has 0 atom stereocenters. The van der Waals surface area contributed by atoms with Crippen LogP contribution in [-0.4, -0.2) is 31.7 Å². The number of halogens is 1. The van der Waals surface area contributed by atoms with Gasteiger partial charge in [-0.15, -0.1) is 22.7 Å². The van der Waals surface area contributed by atoms with Gasteiger partial charge in [-0.3, -0.25) is 0 Å².